The van der Waals surface area contributed by atoms with Gasteiger partial charge >= 0.3 is 0 Å². The molecule has 0 aromatic heterocycles. The molecule has 0 fully saturated rings. The number of methoxy groups -OCH3 is 1. The van der Waals surface area contributed by atoms with E-state index in [1.54, 1.807) is 7.11 Å². The number of carbonyl (C=O) groups excluding carboxylic acids is 1. The Balaban J connectivity index is 2.81. The van der Waals surface area contributed by atoms with Crippen molar-refractivity contribution >= 4 is 11.6 Å². The Morgan fingerprint density at radius 3 is 2.38 bits per heavy atom. The molecule has 21 heavy (non-hydrogen) atoms. The minimum atomic E-state index is -0.245. The highest BCUT2D eigenvalue weighted by molar-refractivity contribution is 5.85. The van der Waals surface area contributed by atoms with E-state index in [1.807, 2.05) is 31.2 Å². The number of benzene rings is 1. The summed E-state index contributed by atoms with van der Waals surface area (Å²) >= 11 is 0. The van der Waals surface area contributed by atoms with Gasteiger partial charge in [-0.25, -0.2) is 0 Å². The fourth-order valence-electron chi connectivity index (χ4n) is 2.32. The molecule has 0 heterocycles. The maximum absolute atomic E-state index is 12.2. The van der Waals surface area contributed by atoms with Crippen molar-refractivity contribution in [3.63, 3.8) is 0 Å². The first-order valence-electron chi connectivity index (χ1n) is 7.35. The van der Waals surface area contributed by atoms with Crippen LogP contribution in [0.5, 0.6) is 0 Å². The average molecular weight is 293 g/mol. The van der Waals surface area contributed by atoms with Crippen molar-refractivity contribution in [2.45, 2.75) is 39.4 Å². The quantitative estimate of drug-likeness (QED) is 0.713. The Morgan fingerprint density at radius 2 is 1.90 bits per heavy atom. The molecule has 0 aliphatic carbocycles. The summed E-state index contributed by atoms with van der Waals surface area (Å²) in [6, 6.07) is 8.01. The SMILES string of the molecule is COCCNC(=O)C(C)N(c1ccc(CN)cc1)C(C)C. The highest BCUT2D eigenvalue weighted by Crippen LogP contribution is 2.21. The van der Waals surface area contributed by atoms with Gasteiger partial charge in [-0.3, -0.25) is 4.79 Å². The molecule has 1 amide bonds. The van der Waals surface area contributed by atoms with Crippen molar-refractivity contribution in [2.24, 2.45) is 5.73 Å². The van der Waals surface area contributed by atoms with Gasteiger partial charge in [0.15, 0.2) is 0 Å². The zero-order valence-corrected chi connectivity index (χ0v) is 13.4. The maximum Gasteiger partial charge on any atom is 0.242 e. The molecule has 5 heteroatoms. The second-order valence-corrected chi connectivity index (χ2v) is 5.33. The summed E-state index contributed by atoms with van der Waals surface area (Å²) in [6.07, 6.45) is 0. The van der Waals surface area contributed by atoms with Crippen LogP contribution in [0.1, 0.15) is 26.3 Å². The molecule has 0 saturated heterocycles. The zero-order chi connectivity index (χ0) is 15.8. The molecular formula is C16H27N3O2. The molecule has 0 bridgehead atoms. The Labute approximate surface area is 127 Å². The fourth-order valence-corrected chi connectivity index (χ4v) is 2.32. The number of nitrogens with zero attached hydrogens (tertiary/aromatic N) is 1. The molecule has 1 atom stereocenters. The molecule has 118 valence electrons. The van der Waals surface area contributed by atoms with E-state index < -0.39 is 0 Å². The third-order valence-corrected chi connectivity index (χ3v) is 3.43. The number of hydrogen-bond donors (Lipinski definition) is 2. The molecule has 0 spiro atoms. The van der Waals surface area contributed by atoms with Crippen LogP contribution in [0.2, 0.25) is 0 Å². The van der Waals surface area contributed by atoms with E-state index in [4.69, 9.17) is 10.5 Å². The number of rotatable bonds is 8. The van der Waals surface area contributed by atoms with E-state index in [9.17, 15) is 4.79 Å². The van der Waals surface area contributed by atoms with E-state index >= 15 is 0 Å². The molecular weight excluding hydrogens is 266 g/mol. The van der Waals surface area contributed by atoms with Gasteiger partial charge in [0.2, 0.25) is 5.91 Å². The van der Waals surface area contributed by atoms with Crippen molar-refractivity contribution in [3.8, 4) is 0 Å². The molecule has 5 nitrogen and oxygen atoms in total. The van der Waals surface area contributed by atoms with E-state index in [0.29, 0.717) is 19.7 Å². The first-order valence-corrected chi connectivity index (χ1v) is 7.35. The van der Waals surface area contributed by atoms with Gasteiger partial charge in [-0.15, -0.1) is 0 Å². The van der Waals surface area contributed by atoms with E-state index in [0.717, 1.165) is 11.3 Å². The number of hydrogen-bond acceptors (Lipinski definition) is 4. The predicted molar refractivity (Wildman–Crippen MR) is 86.3 cm³/mol. The molecule has 3 N–H and O–H groups in total. The third-order valence-electron chi connectivity index (χ3n) is 3.43. The summed E-state index contributed by atoms with van der Waals surface area (Å²) in [7, 11) is 1.62. The summed E-state index contributed by atoms with van der Waals surface area (Å²) < 4.78 is 4.95. The van der Waals surface area contributed by atoms with Crippen molar-refractivity contribution in [1.82, 2.24) is 5.32 Å². The summed E-state index contributed by atoms with van der Waals surface area (Å²) in [6.45, 7) is 7.64. The zero-order valence-electron chi connectivity index (χ0n) is 13.4. The van der Waals surface area contributed by atoms with Gasteiger partial charge in [-0.2, -0.15) is 0 Å². The van der Waals surface area contributed by atoms with E-state index in [2.05, 4.69) is 24.1 Å². The van der Waals surface area contributed by atoms with Crippen LogP contribution in [-0.2, 0) is 16.1 Å². The number of ether oxygens (including phenoxy) is 1. The molecule has 0 saturated carbocycles. The molecule has 1 unspecified atom stereocenters. The van der Waals surface area contributed by atoms with Gasteiger partial charge in [-0.1, -0.05) is 12.1 Å². The van der Waals surface area contributed by atoms with Crippen molar-refractivity contribution in [3.05, 3.63) is 29.8 Å². The van der Waals surface area contributed by atoms with Crippen LogP contribution in [0.15, 0.2) is 24.3 Å². The Kier molecular flexibility index (Phi) is 7.19. The largest absolute Gasteiger partial charge is 0.383 e. The van der Waals surface area contributed by atoms with Crippen LogP contribution in [0.4, 0.5) is 5.69 Å². The van der Waals surface area contributed by atoms with Gasteiger partial charge in [0, 0.05) is 31.9 Å². The molecule has 1 rings (SSSR count). The number of anilines is 1. The normalized spacial score (nSPS) is 12.3. The van der Waals surface area contributed by atoms with Gasteiger partial charge in [0.25, 0.3) is 0 Å². The highest BCUT2D eigenvalue weighted by Gasteiger charge is 2.23. The van der Waals surface area contributed by atoms with Gasteiger partial charge in [-0.05, 0) is 38.5 Å². The lowest BCUT2D eigenvalue weighted by atomic mass is 10.1. The fraction of sp³-hybridized carbons (Fsp3) is 0.562. The maximum atomic E-state index is 12.2. The lowest BCUT2D eigenvalue weighted by Crippen LogP contribution is -2.49. The van der Waals surface area contributed by atoms with Crippen LogP contribution >= 0.6 is 0 Å². The Morgan fingerprint density at radius 1 is 1.29 bits per heavy atom. The van der Waals surface area contributed by atoms with Crippen LogP contribution in [0.3, 0.4) is 0 Å². The van der Waals surface area contributed by atoms with Gasteiger partial charge in [0.1, 0.15) is 6.04 Å². The summed E-state index contributed by atoms with van der Waals surface area (Å²) in [5.41, 5.74) is 7.73. The highest BCUT2D eigenvalue weighted by atomic mass is 16.5. The van der Waals surface area contributed by atoms with Crippen molar-refractivity contribution < 1.29 is 9.53 Å². The molecule has 1 aromatic carbocycles. The van der Waals surface area contributed by atoms with Crippen LogP contribution in [0, 0.1) is 0 Å². The lowest BCUT2D eigenvalue weighted by molar-refractivity contribution is -0.122. The minimum absolute atomic E-state index is 0.00338. The Bertz CT molecular complexity index is 432. The topological polar surface area (TPSA) is 67.6 Å². The minimum Gasteiger partial charge on any atom is -0.383 e. The number of carbonyl (C=O) groups is 1. The Hall–Kier alpha value is -1.59. The lowest BCUT2D eigenvalue weighted by Gasteiger charge is -2.34. The number of nitrogens with one attached hydrogen (secondary N) is 1. The first kappa shape index (κ1) is 17.5. The summed E-state index contributed by atoms with van der Waals surface area (Å²) in [5.74, 6) is 0.00338. The van der Waals surface area contributed by atoms with Gasteiger partial charge in [0.05, 0.1) is 6.61 Å². The first-order chi connectivity index (χ1) is 10.0. The molecule has 0 aliphatic rings. The summed E-state index contributed by atoms with van der Waals surface area (Å²) in [4.78, 5) is 14.3. The third kappa shape index (κ3) is 5.02. The average Bonchev–Trinajstić information content (AvgIpc) is 2.47. The van der Waals surface area contributed by atoms with Crippen molar-refractivity contribution in [2.75, 3.05) is 25.2 Å². The monoisotopic (exact) mass is 293 g/mol. The van der Waals surface area contributed by atoms with E-state index in [1.165, 1.54) is 0 Å². The number of amides is 1. The van der Waals surface area contributed by atoms with E-state index in [-0.39, 0.29) is 18.0 Å². The van der Waals surface area contributed by atoms with Crippen LogP contribution in [-0.4, -0.2) is 38.3 Å². The second-order valence-electron chi connectivity index (χ2n) is 5.33. The molecule has 1 aromatic rings. The molecule has 0 aliphatic heterocycles. The van der Waals surface area contributed by atoms with Crippen molar-refractivity contribution in [1.29, 1.82) is 0 Å². The standard InChI is InChI=1S/C16H27N3O2/c1-12(2)19(13(3)16(20)18-9-10-21-4)15-7-5-14(11-17)6-8-15/h5-8,12-13H,9-11,17H2,1-4H3,(H,18,20). The number of nitrogens with two attached hydrogens (primary N) is 1. The predicted octanol–water partition coefficient (Wildman–Crippen LogP) is 1.51. The molecule has 0 radical (unpaired) electrons. The van der Waals surface area contributed by atoms with Crippen LogP contribution in [0.25, 0.3) is 0 Å². The summed E-state index contributed by atoms with van der Waals surface area (Å²) in [5, 5.41) is 2.89. The second kappa shape index (κ2) is 8.64. The van der Waals surface area contributed by atoms with Gasteiger partial charge < -0.3 is 20.7 Å². The van der Waals surface area contributed by atoms with Crippen LogP contribution < -0.4 is 16.0 Å². The smallest absolute Gasteiger partial charge is 0.242 e.